The second-order valence-corrected chi connectivity index (χ2v) is 7.79. The molecule has 1 saturated carbocycles. The summed E-state index contributed by atoms with van der Waals surface area (Å²) in [5.74, 6) is 0.286. The number of hydrogen-bond acceptors (Lipinski definition) is 3. The zero-order valence-electron chi connectivity index (χ0n) is 15.3. The minimum atomic E-state index is -0.639. The summed E-state index contributed by atoms with van der Waals surface area (Å²) < 4.78 is 5.65. The second kappa shape index (κ2) is 8.33. The minimum Gasteiger partial charge on any atom is -0.390 e. The van der Waals surface area contributed by atoms with Gasteiger partial charge in [-0.1, -0.05) is 43.2 Å². The van der Waals surface area contributed by atoms with E-state index in [0.29, 0.717) is 6.61 Å². The molecule has 4 heteroatoms. The van der Waals surface area contributed by atoms with E-state index in [-0.39, 0.29) is 24.5 Å². The number of benzene rings is 1. The lowest BCUT2D eigenvalue weighted by atomic mass is 9.72. The number of likely N-dealkylation sites (tertiary alicyclic amines) is 1. The Balaban J connectivity index is 1.49. The van der Waals surface area contributed by atoms with Crippen LogP contribution in [-0.2, 0) is 16.0 Å². The first-order chi connectivity index (χ1) is 12.1. The average Bonchev–Trinajstić information content (AvgIpc) is 3.08. The number of ether oxygens (including phenoxy) is 1. The SMILES string of the molecule is CC1(O)CCCCC1C1CCCN1C(=O)COCCc1ccccc1. The lowest BCUT2D eigenvalue weighted by Crippen LogP contribution is -2.51. The van der Waals surface area contributed by atoms with Gasteiger partial charge in [0.25, 0.3) is 0 Å². The van der Waals surface area contributed by atoms with Gasteiger partial charge in [-0.05, 0) is 44.6 Å². The molecule has 1 aliphatic heterocycles. The number of hydrogen-bond donors (Lipinski definition) is 1. The second-order valence-electron chi connectivity index (χ2n) is 7.79. The molecule has 1 saturated heterocycles. The van der Waals surface area contributed by atoms with Gasteiger partial charge in [0.2, 0.25) is 5.91 Å². The molecule has 1 aromatic carbocycles. The Morgan fingerprint density at radius 2 is 2.04 bits per heavy atom. The predicted octanol–water partition coefficient (Wildman–Crippen LogP) is 3.18. The third kappa shape index (κ3) is 4.62. The number of amides is 1. The van der Waals surface area contributed by atoms with E-state index in [0.717, 1.165) is 51.5 Å². The van der Waals surface area contributed by atoms with Crippen LogP contribution in [0.3, 0.4) is 0 Å². The quantitative estimate of drug-likeness (QED) is 0.806. The zero-order chi connectivity index (χ0) is 17.7. The van der Waals surface area contributed by atoms with E-state index < -0.39 is 5.60 Å². The molecule has 3 rings (SSSR count). The molecule has 2 aliphatic rings. The zero-order valence-corrected chi connectivity index (χ0v) is 15.3. The van der Waals surface area contributed by atoms with E-state index in [1.165, 1.54) is 5.56 Å². The monoisotopic (exact) mass is 345 g/mol. The Morgan fingerprint density at radius 1 is 1.24 bits per heavy atom. The summed E-state index contributed by atoms with van der Waals surface area (Å²) in [6.07, 6.45) is 7.00. The molecule has 138 valence electrons. The summed E-state index contributed by atoms with van der Waals surface area (Å²) >= 11 is 0. The van der Waals surface area contributed by atoms with E-state index in [1.807, 2.05) is 30.0 Å². The van der Waals surface area contributed by atoms with Crippen LogP contribution >= 0.6 is 0 Å². The highest BCUT2D eigenvalue weighted by Gasteiger charge is 2.44. The third-order valence-corrected chi connectivity index (χ3v) is 5.93. The van der Waals surface area contributed by atoms with Crippen LogP contribution in [-0.4, -0.2) is 47.3 Å². The molecule has 4 nitrogen and oxygen atoms in total. The molecule has 1 aliphatic carbocycles. The van der Waals surface area contributed by atoms with Gasteiger partial charge in [-0.3, -0.25) is 4.79 Å². The molecule has 1 N–H and O–H groups in total. The van der Waals surface area contributed by atoms with Crippen LogP contribution in [0.1, 0.15) is 51.0 Å². The van der Waals surface area contributed by atoms with Crippen molar-refractivity contribution < 1.29 is 14.6 Å². The van der Waals surface area contributed by atoms with Crippen LogP contribution in [0.4, 0.5) is 0 Å². The summed E-state index contributed by atoms with van der Waals surface area (Å²) in [6, 6.07) is 10.4. The molecule has 25 heavy (non-hydrogen) atoms. The number of nitrogens with zero attached hydrogens (tertiary/aromatic N) is 1. The fourth-order valence-corrected chi connectivity index (χ4v) is 4.55. The molecule has 3 unspecified atom stereocenters. The van der Waals surface area contributed by atoms with Gasteiger partial charge in [0, 0.05) is 18.5 Å². The molecule has 0 spiro atoms. The molecular formula is C21H31NO3. The van der Waals surface area contributed by atoms with Crippen molar-refractivity contribution in [3.8, 4) is 0 Å². The van der Waals surface area contributed by atoms with E-state index in [9.17, 15) is 9.90 Å². The fraction of sp³-hybridized carbons (Fsp3) is 0.667. The minimum absolute atomic E-state index is 0.0805. The largest absolute Gasteiger partial charge is 0.390 e. The van der Waals surface area contributed by atoms with Crippen molar-refractivity contribution >= 4 is 5.91 Å². The van der Waals surface area contributed by atoms with Gasteiger partial charge in [-0.15, -0.1) is 0 Å². The molecule has 0 radical (unpaired) electrons. The average molecular weight is 345 g/mol. The Bertz CT molecular complexity index is 558. The number of carbonyl (C=O) groups is 1. The van der Waals surface area contributed by atoms with Crippen LogP contribution in [0.25, 0.3) is 0 Å². The lowest BCUT2D eigenvalue weighted by molar-refractivity contribution is -0.141. The molecular weight excluding hydrogens is 314 g/mol. The summed E-state index contributed by atoms with van der Waals surface area (Å²) in [5, 5.41) is 10.8. The summed E-state index contributed by atoms with van der Waals surface area (Å²) in [4.78, 5) is 14.6. The maximum Gasteiger partial charge on any atom is 0.248 e. The lowest BCUT2D eigenvalue weighted by Gasteiger charge is -2.43. The molecule has 0 bridgehead atoms. The predicted molar refractivity (Wildman–Crippen MR) is 98.3 cm³/mol. The van der Waals surface area contributed by atoms with Crippen LogP contribution in [0, 0.1) is 5.92 Å². The maximum atomic E-state index is 12.6. The van der Waals surface area contributed by atoms with E-state index >= 15 is 0 Å². The van der Waals surface area contributed by atoms with Crippen molar-refractivity contribution in [3.05, 3.63) is 35.9 Å². The number of aliphatic hydroxyl groups is 1. The van der Waals surface area contributed by atoms with Crippen LogP contribution in [0.15, 0.2) is 30.3 Å². The smallest absolute Gasteiger partial charge is 0.248 e. The number of rotatable bonds is 6. The first-order valence-corrected chi connectivity index (χ1v) is 9.71. The molecule has 3 atom stereocenters. The number of carbonyl (C=O) groups excluding carboxylic acids is 1. The molecule has 1 amide bonds. The van der Waals surface area contributed by atoms with Crippen molar-refractivity contribution in [2.45, 2.75) is 63.5 Å². The maximum absolute atomic E-state index is 12.6. The standard InChI is InChI=1S/C21H31NO3/c1-21(24)13-6-5-10-18(21)19-11-7-14-22(19)20(23)16-25-15-12-17-8-3-2-4-9-17/h2-4,8-9,18-19,24H,5-7,10-16H2,1H3. The Hall–Kier alpha value is -1.39. The van der Waals surface area contributed by atoms with Gasteiger partial charge in [0.1, 0.15) is 6.61 Å². The van der Waals surface area contributed by atoms with Gasteiger partial charge >= 0.3 is 0 Å². The third-order valence-electron chi connectivity index (χ3n) is 5.93. The van der Waals surface area contributed by atoms with E-state index in [1.54, 1.807) is 0 Å². The van der Waals surface area contributed by atoms with E-state index in [4.69, 9.17) is 4.74 Å². The summed E-state index contributed by atoms with van der Waals surface area (Å²) in [5.41, 5.74) is 0.590. The van der Waals surface area contributed by atoms with Crippen LogP contribution in [0.2, 0.25) is 0 Å². The first kappa shape index (κ1) is 18.4. The molecule has 1 aromatic rings. The van der Waals surface area contributed by atoms with Gasteiger partial charge < -0.3 is 14.7 Å². The highest BCUT2D eigenvalue weighted by atomic mass is 16.5. The van der Waals surface area contributed by atoms with Crippen molar-refractivity contribution in [2.24, 2.45) is 5.92 Å². The molecule has 2 fully saturated rings. The summed E-state index contributed by atoms with van der Waals surface area (Å²) in [6.45, 7) is 3.47. The van der Waals surface area contributed by atoms with Crippen molar-refractivity contribution in [1.29, 1.82) is 0 Å². The van der Waals surface area contributed by atoms with Gasteiger partial charge in [0.05, 0.1) is 12.2 Å². The topological polar surface area (TPSA) is 49.8 Å². The highest BCUT2D eigenvalue weighted by molar-refractivity contribution is 5.78. The fourth-order valence-electron chi connectivity index (χ4n) is 4.55. The van der Waals surface area contributed by atoms with Crippen LogP contribution in [0.5, 0.6) is 0 Å². The van der Waals surface area contributed by atoms with Crippen molar-refractivity contribution in [3.63, 3.8) is 0 Å². The highest BCUT2D eigenvalue weighted by Crippen LogP contribution is 2.40. The van der Waals surface area contributed by atoms with Gasteiger partial charge in [-0.25, -0.2) is 0 Å². The van der Waals surface area contributed by atoms with E-state index in [2.05, 4.69) is 12.1 Å². The van der Waals surface area contributed by atoms with Gasteiger partial charge in [0.15, 0.2) is 0 Å². The normalized spacial score (nSPS) is 29.8. The Morgan fingerprint density at radius 3 is 2.80 bits per heavy atom. The summed E-state index contributed by atoms with van der Waals surface area (Å²) in [7, 11) is 0. The first-order valence-electron chi connectivity index (χ1n) is 9.71. The Labute approximate surface area is 151 Å². The Kier molecular flexibility index (Phi) is 6.13. The van der Waals surface area contributed by atoms with Crippen molar-refractivity contribution in [2.75, 3.05) is 19.8 Å². The van der Waals surface area contributed by atoms with Gasteiger partial charge in [-0.2, -0.15) is 0 Å². The molecule has 0 aromatic heterocycles. The van der Waals surface area contributed by atoms with Crippen molar-refractivity contribution in [1.82, 2.24) is 4.90 Å². The van der Waals surface area contributed by atoms with Crippen LogP contribution < -0.4 is 0 Å². The molecule has 1 heterocycles.